The summed E-state index contributed by atoms with van der Waals surface area (Å²) in [6.45, 7) is 7.00. The lowest BCUT2D eigenvalue weighted by Crippen LogP contribution is -2.31. The molecule has 1 amide bonds. The SMILES string of the molecule is CC[C@H](C)NC(=O)c1cccc(CSc2nnc(-c3cccs3)n2CC)c1. The second-order valence-electron chi connectivity index (χ2n) is 6.30. The summed E-state index contributed by atoms with van der Waals surface area (Å²) in [7, 11) is 0. The third-order valence-electron chi connectivity index (χ3n) is 4.32. The van der Waals surface area contributed by atoms with E-state index in [1.165, 1.54) is 0 Å². The number of nitrogens with zero attached hydrogens (tertiary/aromatic N) is 3. The van der Waals surface area contributed by atoms with Crippen LogP contribution in [0.15, 0.2) is 46.9 Å². The van der Waals surface area contributed by atoms with Crippen LogP contribution in [0.2, 0.25) is 0 Å². The third kappa shape index (κ3) is 4.78. The Hall–Kier alpha value is -2.12. The van der Waals surface area contributed by atoms with E-state index in [4.69, 9.17) is 0 Å². The van der Waals surface area contributed by atoms with Gasteiger partial charge in [0.05, 0.1) is 4.88 Å². The molecular formula is C20H24N4OS2. The van der Waals surface area contributed by atoms with Crippen LogP contribution in [0.5, 0.6) is 0 Å². The van der Waals surface area contributed by atoms with Crippen LogP contribution in [0.3, 0.4) is 0 Å². The zero-order valence-corrected chi connectivity index (χ0v) is 17.4. The topological polar surface area (TPSA) is 59.8 Å². The Morgan fingerprint density at radius 3 is 2.81 bits per heavy atom. The first-order chi connectivity index (χ1) is 13.1. The van der Waals surface area contributed by atoms with Crippen molar-refractivity contribution < 1.29 is 4.79 Å². The molecule has 2 aromatic heterocycles. The summed E-state index contributed by atoms with van der Waals surface area (Å²) >= 11 is 3.31. The van der Waals surface area contributed by atoms with Gasteiger partial charge in [0.25, 0.3) is 5.91 Å². The summed E-state index contributed by atoms with van der Waals surface area (Å²) < 4.78 is 2.13. The minimum atomic E-state index is -0.0205. The molecule has 0 spiro atoms. The summed E-state index contributed by atoms with van der Waals surface area (Å²) in [6, 6.07) is 12.1. The number of hydrogen-bond acceptors (Lipinski definition) is 5. The number of rotatable bonds is 8. The predicted octanol–water partition coefficient (Wildman–Crippen LogP) is 4.85. The predicted molar refractivity (Wildman–Crippen MR) is 112 cm³/mol. The lowest BCUT2D eigenvalue weighted by molar-refractivity contribution is 0.0939. The number of benzene rings is 1. The minimum absolute atomic E-state index is 0.0205. The Bertz CT molecular complexity index is 889. The average Bonchev–Trinajstić information content (AvgIpc) is 3.35. The van der Waals surface area contributed by atoms with Gasteiger partial charge in [0.1, 0.15) is 0 Å². The fourth-order valence-corrected chi connectivity index (χ4v) is 4.29. The van der Waals surface area contributed by atoms with Crippen LogP contribution in [0.25, 0.3) is 10.7 Å². The summed E-state index contributed by atoms with van der Waals surface area (Å²) in [4.78, 5) is 13.5. The van der Waals surface area contributed by atoms with Gasteiger partial charge in [-0.1, -0.05) is 36.9 Å². The van der Waals surface area contributed by atoms with Crippen LogP contribution in [0.1, 0.15) is 43.1 Å². The van der Waals surface area contributed by atoms with Crippen molar-refractivity contribution in [1.29, 1.82) is 0 Å². The Morgan fingerprint density at radius 2 is 2.11 bits per heavy atom. The van der Waals surface area contributed by atoms with Gasteiger partial charge < -0.3 is 9.88 Å². The molecule has 3 aromatic rings. The number of thiophene rings is 1. The molecule has 142 valence electrons. The second-order valence-corrected chi connectivity index (χ2v) is 8.19. The molecule has 2 heterocycles. The number of hydrogen-bond donors (Lipinski definition) is 1. The molecule has 0 aliphatic heterocycles. The summed E-state index contributed by atoms with van der Waals surface area (Å²) in [6.07, 6.45) is 0.917. The maximum atomic E-state index is 12.3. The first kappa shape index (κ1) is 19.6. The molecule has 27 heavy (non-hydrogen) atoms. The average molecular weight is 401 g/mol. The van der Waals surface area contributed by atoms with E-state index in [-0.39, 0.29) is 11.9 Å². The molecule has 0 bridgehead atoms. The number of nitrogens with one attached hydrogen (secondary N) is 1. The highest BCUT2D eigenvalue weighted by Gasteiger charge is 2.14. The van der Waals surface area contributed by atoms with E-state index in [2.05, 4.69) is 40.0 Å². The van der Waals surface area contributed by atoms with Gasteiger partial charge in [-0.2, -0.15) is 0 Å². The lowest BCUT2D eigenvalue weighted by Gasteiger charge is -2.12. The zero-order chi connectivity index (χ0) is 19.2. The van der Waals surface area contributed by atoms with Crippen molar-refractivity contribution in [3.8, 4) is 10.7 Å². The molecule has 1 atom stereocenters. The van der Waals surface area contributed by atoms with Crippen molar-refractivity contribution in [3.05, 3.63) is 52.9 Å². The van der Waals surface area contributed by atoms with Gasteiger partial charge in [0, 0.05) is 23.9 Å². The fourth-order valence-electron chi connectivity index (χ4n) is 2.63. The Balaban J connectivity index is 1.70. The van der Waals surface area contributed by atoms with Gasteiger partial charge in [-0.05, 0) is 49.4 Å². The number of carbonyl (C=O) groups excluding carboxylic acids is 1. The van der Waals surface area contributed by atoms with Crippen LogP contribution in [0, 0.1) is 0 Å². The smallest absolute Gasteiger partial charge is 0.251 e. The van der Waals surface area contributed by atoms with Crippen molar-refractivity contribution in [1.82, 2.24) is 20.1 Å². The molecule has 0 unspecified atom stereocenters. The summed E-state index contributed by atoms with van der Waals surface area (Å²) in [5.74, 6) is 1.64. The maximum absolute atomic E-state index is 12.3. The molecule has 0 aliphatic rings. The van der Waals surface area contributed by atoms with Crippen molar-refractivity contribution in [3.63, 3.8) is 0 Å². The van der Waals surface area contributed by atoms with E-state index in [1.807, 2.05) is 42.6 Å². The third-order valence-corrected chi connectivity index (χ3v) is 6.23. The largest absolute Gasteiger partial charge is 0.350 e. The van der Waals surface area contributed by atoms with Gasteiger partial charge in [-0.25, -0.2) is 0 Å². The van der Waals surface area contributed by atoms with E-state index in [1.54, 1.807) is 23.1 Å². The molecule has 0 fully saturated rings. The van der Waals surface area contributed by atoms with Crippen molar-refractivity contribution in [2.45, 2.75) is 50.7 Å². The van der Waals surface area contributed by atoms with Gasteiger partial charge in [0.2, 0.25) is 0 Å². The van der Waals surface area contributed by atoms with Gasteiger partial charge >= 0.3 is 0 Å². The molecule has 7 heteroatoms. The maximum Gasteiger partial charge on any atom is 0.251 e. The van der Waals surface area contributed by atoms with Gasteiger partial charge in [0.15, 0.2) is 11.0 Å². The van der Waals surface area contributed by atoms with E-state index in [9.17, 15) is 4.79 Å². The number of carbonyl (C=O) groups is 1. The molecule has 1 N–H and O–H groups in total. The standard InChI is InChI=1S/C20H24N4OS2/c1-4-14(3)21-19(25)16-9-6-8-15(12-16)13-27-20-23-22-18(24(20)5-2)17-10-7-11-26-17/h6-12,14H,4-5,13H2,1-3H3,(H,21,25)/t14-/m0/s1. The highest BCUT2D eigenvalue weighted by molar-refractivity contribution is 7.98. The Morgan fingerprint density at radius 1 is 1.26 bits per heavy atom. The minimum Gasteiger partial charge on any atom is -0.350 e. The van der Waals surface area contributed by atoms with E-state index < -0.39 is 0 Å². The Labute approximate surface area is 168 Å². The van der Waals surface area contributed by atoms with Crippen LogP contribution in [-0.4, -0.2) is 26.7 Å². The van der Waals surface area contributed by atoms with Crippen LogP contribution in [0.4, 0.5) is 0 Å². The quantitative estimate of drug-likeness (QED) is 0.549. The lowest BCUT2D eigenvalue weighted by atomic mass is 10.1. The molecule has 0 aliphatic carbocycles. The van der Waals surface area contributed by atoms with Crippen LogP contribution >= 0.6 is 23.1 Å². The van der Waals surface area contributed by atoms with Crippen LogP contribution < -0.4 is 5.32 Å². The zero-order valence-electron chi connectivity index (χ0n) is 15.8. The van der Waals surface area contributed by atoms with E-state index in [0.29, 0.717) is 5.56 Å². The van der Waals surface area contributed by atoms with Crippen molar-refractivity contribution >= 4 is 29.0 Å². The fraction of sp³-hybridized carbons (Fsp3) is 0.350. The second kappa shape index (κ2) is 9.19. The molecular weight excluding hydrogens is 376 g/mol. The van der Waals surface area contributed by atoms with Crippen LogP contribution in [-0.2, 0) is 12.3 Å². The Kier molecular flexibility index (Phi) is 6.68. The monoisotopic (exact) mass is 400 g/mol. The normalized spacial score (nSPS) is 12.1. The van der Waals surface area contributed by atoms with Crippen molar-refractivity contribution in [2.75, 3.05) is 0 Å². The molecule has 3 rings (SSSR count). The summed E-state index contributed by atoms with van der Waals surface area (Å²) in [5, 5.41) is 14.7. The highest BCUT2D eigenvalue weighted by atomic mass is 32.2. The molecule has 5 nitrogen and oxygen atoms in total. The number of amides is 1. The summed E-state index contributed by atoms with van der Waals surface area (Å²) in [5.41, 5.74) is 1.80. The highest BCUT2D eigenvalue weighted by Crippen LogP contribution is 2.28. The van der Waals surface area contributed by atoms with E-state index >= 15 is 0 Å². The first-order valence-corrected chi connectivity index (χ1v) is 11.0. The van der Waals surface area contributed by atoms with Crippen molar-refractivity contribution in [2.24, 2.45) is 0 Å². The van der Waals surface area contributed by atoms with Gasteiger partial charge in [-0.15, -0.1) is 21.5 Å². The molecule has 0 saturated carbocycles. The molecule has 0 saturated heterocycles. The molecule has 0 radical (unpaired) electrons. The molecule has 1 aromatic carbocycles. The van der Waals surface area contributed by atoms with Gasteiger partial charge in [-0.3, -0.25) is 4.79 Å². The number of aromatic nitrogens is 3. The van der Waals surface area contributed by atoms with E-state index in [0.717, 1.165) is 40.1 Å². The number of thioether (sulfide) groups is 1. The first-order valence-electron chi connectivity index (χ1n) is 9.12.